The van der Waals surface area contributed by atoms with E-state index in [1.165, 1.54) is 12.1 Å². The van der Waals surface area contributed by atoms with Crippen LogP contribution in [0, 0.1) is 5.41 Å². The largest absolute Gasteiger partial charge is 0.573 e. The van der Waals surface area contributed by atoms with Crippen LogP contribution >= 0.6 is 0 Å². The standard InChI is InChI=1S/C19H23F3N2O4.CH2O2/c1-23(2)12-15-11-18(17(26)27-15)6-8-24(9-7-18)16(25)13-4-3-5-14(10-13)28-19(20,21)22;2-1-3/h3-5,10,15H,6-9,11-12H2,1-2H3;1H,(H,2,3). The van der Waals surface area contributed by atoms with Crippen molar-refractivity contribution < 1.29 is 42.1 Å². The van der Waals surface area contributed by atoms with Gasteiger partial charge in [0.05, 0.1) is 5.41 Å². The van der Waals surface area contributed by atoms with Gasteiger partial charge in [-0.05, 0) is 45.1 Å². The Labute approximate surface area is 177 Å². The molecule has 1 aromatic rings. The molecule has 2 heterocycles. The lowest BCUT2D eigenvalue weighted by Crippen LogP contribution is -2.45. The van der Waals surface area contributed by atoms with E-state index in [1.807, 2.05) is 19.0 Å². The number of alkyl halides is 3. The van der Waals surface area contributed by atoms with E-state index in [0.29, 0.717) is 38.9 Å². The highest BCUT2D eigenvalue weighted by Gasteiger charge is 2.50. The summed E-state index contributed by atoms with van der Waals surface area (Å²) in [7, 11) is 3.83. The molecule has 2 aliphatic rings. The maximum absolute atomic E-state index is 12.7. The molecule has 1 unspecified atom stereocenters. The van der Waals surface area contributed by atoms with Crippen LogP contribution in [-0.4, -0.2) is 79.5 Å². The average Bonchev–Trinajstić information content (AvgIpc) is 2.95. The summed E-state index contributed by atoms with van der Waals surface area (Å²) < 4.78 is 46.5. The van der Waals surface area contributed by atoms with Crippen molar-refractivity contribution in [3.05, 3.63) is 29.8 Å². The fraction of sp³-hybridized carbons (Fsp3) is 0.550. The molecule has 0 saturated carbocycles. The first kappa shape index (κ1) is 24.4. The predicted molar refractivity (Wildman–Crippen MR) is 102 cm³/mol. The SMILES string of the molecule is CN(C)CC1CC2(CCN(C(=O)c3cccc(OC(F)(F)F)c3)CC2)C(=O)O1.O=CO. The molecule has 0 bridgehead atoms. The van der Waals surface area contributed by atoms with Gasteiger partial charge < -0.3 is 24.4 Å². The first-order valence-corrected chi connectivity index (χ1v) is 9.58. The van der Waals surface area contributed by atoms with E-state index in [9.17, 15) is 22.8 Å². The molecule has 2 fully saturated rings. The highest BCUT2D eigenvalue weighted by Crippen LogP contribution is 2.43. The summed E-state index contributed by atoms with van der Waals surface area (Å²) >= 11 is 0. The normalized spacial score (nSPS) is 20.1. The van der Waals surface area contributed by atoms with Gasteiger partial charge in [-0.2, -0.15) is 0 Å². The Morgan fingerprint density at radius 3 is 2.52 bits per heavy atom. The summed E-state index contributed by atoms with van der Waals surface area (Å²) in [4.78, 5) is 37.0. The lowest BCUT2D eigenvalue weighted by atomic mass is 9.76. The Bertz CT molecular complexity index is 791. The second-order valence-electron chi connectivity index (χ2n) is 7.75. The maximum Gasteiger partial charge on any atom is 0.573 e. The van der Waals surface area contributed by atoms with E-state index in [0.717, 1.165) is 12.1 Å². The summed E-state index contributed by atoms with van der Waals surface area (Å²) in [5, 5.41) is 6.89. The summed E-state index contributed by atoms with van der Waals surface area (Å²) in [6.45, 7) is 1.11. The number of likely N-dealkylation sites (N-methyl/N-ethyl adjacent to an activating group) is 1. The second-order valence-corrected chi connectivity index (χ2v) is 7.75. The van der Waals surface area contributed by atoms with Crippen LogP contribution < -0.4 is 4.74 Å². The van der Waals surface area contributed by atoms with Crippen LogP contribution in [0.4, 0.5) is 13.2 Å². The highest BCUT2D eigenvalue weighted by molar-refractivity contribution is 5.95. The predicted octanol–water partition coefficient (Wildman–Crippen LogP) is 2.39. The molecule has 1 spiro atoms. The molecule has 0 aromatic heterocycles. The number of ether oxygens (including phenoxy) is 2. The number of carbonyl (C=O) groups excluding carboxylic acids is 2. The second kappa shape index (κ2) is 9.99. The molecule has 172 valence electrons. The molecule has 31 heavy (non-hydrogen) atoms. The highest BCUT2D eigenvalue weighted by atomic mass is 19.4. The number of benzene rings is 1. The number of amides is 1. The number of likely N-dealkylation sites (tertiary alicyclic amines) is 1. The fourth-order valence-corrected chi connectivity index (χ4v) is 3.90. The molecule has 1 amide bonds. The van der Waals surface area contributed by atoms with E-state index >= 15 is 0 Å². The first-order chi connectivity index (χ1) is 14.5. The Balaban J connectivity index is 0.00000107. The third-order valence-corrected chi connectivity index (χ3v) is 5.22. The van der Waals surface area contributed by atoms with Gasteiger partial charge in [0.1, 0.15) is 11.9 Å². The van der Waals surface area contributed by atoms with Crippen LogP contribution in [0.25, 0.3) is 0 Å². The molecule has 0 aliphatic carbocycles. The van der Waals surface area contributed by atoms with Gasteiger partial charge in [-0.1, -0.05) is 6.07 Å². The van der Waals surface area contributed by atoms with E-state index in [4.69, 9.17) is 14.6 Å². The van der Waals surface area contributed by atoms with Crippen LogP contribution in [-0.2, 0) is 14.3 Å². The zero-order valence-electron chi connectivity index (χ0n) is 17.2. The minimum Gasteiger partial charge on any atom is -0.483 e. The van der Waals surface area contributed by atoms with Crippen LogP contribution in [0.3, 0.4) is 0 Å². The molecule has 8 nitrogen and oxygen atoms in total. The molecule has 2 aliphatic heterocycles. The molecule has 1 N–H and O–H groups in total. The number of halogens is 3. The van der Waals surface area contributed by atoms with Gasteiger partial charge in [0, 0.05) is 31.6 Å². The monoisotopic (exact) mass is 446 g/mol. The summed E-state index contributed by atoms with van der Waals surface area (Å²) in [5.74, 6) is -1.02. The van der Waals surface area contributed by atoms with Gasteiger partial charge in [-0.15, -0.1) is 13.2 Å². The van der Waals surface area contributed by atoms with Crippen LogP contribution in [0.2, 0.25) is 0 Å². The number of nitrogens with zero attached hydrogens (tertiary/aromatic N) is 2. The fourth-order valence-electron chi connectivity index (χ4n) is 3.90. The summed E-state index contributed by atoms with van der Waals surface area (Å²) in [6.07, 6.45) is -3.37. The molecule has 11 heteroatoms. The number of esters is 1. The maximum atomic E-state index is 12.7. The van der Waals surface area contributed by atoms with Crippen molar-refractivity contribution in [1.82, 2.24) is 9.80 Å². The van der Waals surface area contributed by atoms with Gasteiger partial charge in [-0.25, -0.2) is 0 Å². The lowest BCUT2D eigenvalue weighted by Gasteiger charge is -2.36. The van der Waals surface area contributed by atoms with Crippen molar-refractivity contribution in [2.24, 2.45) is 5.41 Å². The number of hydrogen-bond donors (Lipinski definition) is 1. The quantitative estimate of drug-likeness (QED) is 0.560. The van der Waals surface area contributed by atoms with E-state index in [-0.39, 0.29) is 30.0 Å². The molecular formula is C20H25F3N2O6. The average molecular weight is 446 g/mol. The number of hydrogen-bond acceptors (Lipinski definition) is 6. The molecule has 0 radical (unpaired) electrons. The van der Waals surface area contributed by atoms with Gasteiger partial charge in [-0.3, -0.25) is 14.4 Å². The zero-order valence-corrected chi connectivity index (χ0v) is 17.2. The summed E-state index contributed by atoms with van der Waals surface area (Å²) in [5.41, 5.74) is -0.448. The Morgan fingerprint density at radius 1 is 1.35 bits per heavy atom. The lowest BCUT2D eigenvalue weighted by molar-refractivity contribution is -0.274. The van der Waals surface area contributed by atoms with Crippen molar-refractivity contribution in [2.45, 2.75) is 31.7 Å². The molecule has 1 aromatic carbocycles. The Hall–Kier alpha value is -2.82. The van der Waals surface area contributed by atoms with E-state index in [1.54, 1.807) is 4.90 Å². The number of piperidine rings is 1. The van der Waals surface area contributed by atoms with Gasteiger partial charge in [0.25, 0.3) is 12.4 Å². The number of carboxylic acid groups (broad SMARTS) is 1. The van der Waals surface area contributed by atoms with Crippen molar-refractivity contribution >= 4 is 18.3 Å². The van der Waals surface area contributed by atoms with Crippen LogP contribution in [0.5, 0.6) is 5.75 Å². The van der Waals surface area contributed by atoms with Crippen molar-refractivity contribution in [3.8, 4) is 5.75 Å². The van der Waals surface area contributed by atoms with E-state index < -0.39 is 17.5 Å². The minimum absolute atomic E-state index is 0.122. The number of carbonyl (C=O) groups is 3. The smallest absolute Gasteiger partial charge is 0.483 e. The van der Waals surface area contributed by atoms with E-state index in [2.05, 4.69) is 4.74 Å². The third kappa shape index (κ3) is 6.58. The Kier molecular flexibility index (Phi) is 7.88. The molecule has 3 rings (SSSR count). The minimum atomic E-state index is -4.81. The topological polar surface area (TPSA) is 96.4 Å². The molecule has 1 atom stereocenters. The van der Waals surface area contributed by atoms with Gasteiger partial charge in [0.2, 0.25) is 0 Å². The van der Waals surface area contributed by atoms with Gasteiger partial charge in [0.15, 0.2) is 0 Å². The Morgan fingerprint density at radius 2 is 1.97 bits per heavy atom. The van der Waals surface area contributed by atoms with Gasteiger partial charge >= 0.3 is 12.3 Å². The zero-order chi connectivity index (χ0) is 23.2. The number of cyclic esters (lactones) is 1. The number of rotatable bonds is 4. The molecule has 2 saturated heterocycles. The summed E-state index contributed by atoms with van der Waals surface area (Å²) in [6, 6.07) is 5.03. The van der Waals surface area contributed by atoms with Crippen LogP contribution in [0.1, 0.15) is 29.6 Å². The van der Waals surface area contributed by atoms with Crippen LogP contribution in [0.15, 0.2) is 24.3 Å². The van der Waals surface area contributed by atoms with Crippen molar-refractivity contribution in [2.75, 3.05) is 33.7 Å². The molecular weight excluding hydrogens is 421 g/mol. The van der Waals surface area contributed by atoms with Crippen molar-refractivity contribution in [3.63, 3.8) is 0 Å². The van der Waals surface area contributed by atoms with Crippen molar-refractivity contribution in [1.29, 1.82) is 0 Å². The first-order valence-electron chi connectivity index (χ1n) is 9.58. The third-order valence-electron chi connectivity index (χ3n) is 5.22.